The summed E-state index contributed by atoms with van der Waals surface area (Å²) in [6.07, 6.45) is 1.09. The lowest BCUT2D eigenvalue weighted by molar-refractivity contribution is 0.928. The highest BCUT2D eigenvalue weighted by atomic mass is 32.2. The molecule has 0 aliphatic rings. The zero-order chi connectivity index (χ0) is 12.8. The van der Waals surface area contributed by atoms with E-state index in [1.165, 1.54) is 4.90 Å². The summed E-state index contributed by atoms with van der Waals surface area (Å²) in [7, 11) is 0. The normalized spacial score (nSPS) is 10.3. The molecule has 1 aromatic heterocycles. The number of benzene rings is 1. The molecule has 0 aliphatic carbocycles. The third-order valence-electron chi connectivity index (χ3n) is 2.34. The maximum absolute atomic E-state index is 4.45. The van der Waals surface area contributed by atoms with Gasteiger partial charge in [-0.3, -0.25) is 0 Å². The second kappa shape index (κ2) is 6.40. The number of hydrogen-bond acceptors (Lipinski definition) is 4. The minimum absolute atomic E-state index is 0.800. The van der Waals surface area contributed by atoms with Crippen LogP contribution in [-0.4, -0.2) is 16.5 Å². The van der Waals surface area contributed by atoms with Crippen LogP contribution in [0.15, 0.2) is 46.3 Å². The third kappa shape index (κ3) is 3.74. The fraction of sp³-hybridized carbons (Fsp3) is 0.286. The first kappa shape index (κ1) is 12.9. The van der Waals surface area contributed by atoms with Gasteiger partial charge in [0, 0.05) is 17.5 Å². The third-order valence-corrected chi connectivity index (χ3v) is 3.26. The van der Waals surface area contributed by atoms with Crippen molar-refractivity contribution in [3.05, 3.63) is 42.2 Å². The van der Waals surface area contributed by atoms with Gasteiger partial charge in [0.25, 0.3) is 0 Å². The van der Waals surface area contributed by atoms with E-state index in [9.17, 15) is 0 Å². The van der Waals surface area contributed by atoms with E-state index in [2.05, 4.69) is 34.3 Å². The van der Waals surface area contributed by atoms with Crippen LogP contribution >= 0.6 is 11.8 Å². The van der Waals surface area contributed by atoms with Crippen molar-refractivity contribution < 1.29 is 0 Å². The fourth-order valence-electron chi connectivity index (χ4n) is 1.55. The number of aromatic nitrogens is 2. The zero-order valence-electron chi connectivity index (χ0n) is 10.7. The smallest absolute Gasteiger partial charge is 0.130 e. The van der Waals surface area contributed by atoms with Crippen molar-refractivity contribution in [3.63, 3.8) is 0 Å². The molecule has 18 heavy (non-hydrogen) atoms. The van der Waals surface area contributed by atoms with Gasteiger partial charge >= 0.3 is 0 Å². The summed E-state index contributed by atoms with van der Waals surface area (Å²) in [5.41, 5.74) is 0. The van der Waals surface area contributed by atoms with E-state index in [-0.39, 0.29) is 0 Å². The van der Waals surface area contributed by atoms with Crippen molar-refractivity contribution in [2.24, 2.45) is 0 Å². The quantitative estimate of drug-likeness (QED) is 0.830. The number of nitrogens with zero attached hydrogens (tertiary/aromatic N) is 2. The van der Waals surface area contributed by atoms with Crippen LogP contribution in [0, 0.1) is 6.92 Å². The number of nitrogens with one attached hydrogen (secondary N) is 1. The second-order valence-corrected chi connectivity index (χ2v) is 5.07. The minimum Gasteiger partial charge on any atom is -0.370 e. The summed E-state index contributed by atoms with van der Waals surface area (Å²) >= 11 is 1.66. The average molecular weight is 259 g/mol. The lowest BCUT2D eigenvalue weighted by Crippen LogP contribution is -2.04. The van der Waals surface area contributed by atoms with Crippen LogP contribution in [0.5, 0.6) is 0 Å². The van der Waals surface area contributed by atoms with Crippen molar-refractivity contribution in [1.82, 2.24) is 9.97 Å². The lowest BCUT2D eigenvalue weighted by Gasteiger charge is -2.07. The molecule has 1 N–H and O–H groups in total. The van der Waals surface area contributed by atoms with Gasteiger partial charge in [-0.1, -0.05) is 36.9 Å². The van der Waals surface area contributed by atoms with Gasteiger partial charge in [0.2, 0.25) is 0 Å². The van der Waals surface area contributed by atoms with Crippen molar-refractivity contribution in [1.29, 1.82) is 0 Å². The van der Waals surface area contributed by atoms with Crippen LogP contribution in [0.3, 0.4) is 0 Å². The van der Waals surface area contributed by atoms with Crippen molar-refractivity contribution in [2.75, 3.05) is 11.9 Å². The van der Waals surface area contributed by atoms with Crippen LogP contribution in [0.1, 0.15) is 19.2 Å². The molecule has 0 aliphatic heterocycles. The molecule has 0 saturated carbocycles. The highest BCUT2D eigenvalue weighted by molar-refractivity contribution is 7.99. The maximum atomic E-state index is 4.45. The van der Waals surface area contributed by atoms with E-state index in [0.717, 1.165) is 29.6 Å². The summed E-state index contributed by atoms with van der Waals surface area (Å²) in [5, 5.41) is 4.28. The molecule has 0 fully saturated rings. The molecule has 94 valence electrons. The summed E-state index contributed by atoms with van der Waals surface area (Å²) in [6.45, 7) is 5.00. The van der Waals surface area contributed by atoms with Gasteiger partial charge in [-0.05, 0) is 25.5 Å². The topological polar surface area (TPSA) is 37.8 Å². The summed E-state index contributed by atoms with van der Waals surface area (Å²) < 4.78 is 0. The predicted octanol–water partition coefficient (Wildman–Crippen LogP) is 3.76. The fourth-order valence-corrected chi connectivity index (χ4v) is 2.43. The Morgan fingerprint density at radius 1 is 1.17 bits per heavy atom. The van der Waals surface area contributed by atoms with E-state index >= 15 is 0 Å². The zero-order valence-corrected chi connectivity index (χ0v) is 11.5. The molecular formula is C14H17N3S. The number of rotatable bonds is 5. The van der Waals surface area contributed by atoms with E-state index in [4.69, 9.17) is 0 Å². The Morgan fingerprint density at radius 2 is 1.94 bits per heavy atom. The Labute approximate surface area is 112 Å². The number of anilines is 1. The van der Waals surface area contributed by atoms with Gasteiger partial charge in [-0.2, -0.15) is 0 Å². The van der Waals surface area contributed by atoms with Crippen molar-refractivity contribution in [2.45, 2.75) is 30.2 Å². The molecular weight excluding hydrogens is 242 g/mol. The van der Waals surface area contributed by atoms with E-state index in [1.807, 2.05) is 31.2 Å². The van der Waals surface area contributed by atoms with E-state index in [1.54, 1.807) is 11.8 Å². The first-order valence-electron chi connectivity index (χ1n) is 6.10. The Kier molecular flexibility index (Phi) is 4.59. The molecule has 1 aromatic carbocycles. The van der Waals surface area contributed by atoms with Crippen LogP contribution in [-0.2, 0) is 0 Å². The van der Waals surface area contributed by atoms with Crippen LogP contribution in [0.25, 0.3) is 0 Å². The maximum Gasteiger partial charge on any atom is 0.130 e. The molecule has 0 saturated heterocycles. The van der Waals surface area contributed by atoms with Gasteiger partial charge < -0.3 is 5.32 Å². The predicted molar refractivity (Wildman–Crippen MR) is 76.1 cm³/mol. The molecule has 4 heteroatoms. The van der Waals surface area contributed by atoms with E-state index < -0.39 is 0 Å². The Bertz CT molecular complexity index is 500. The highest BCUT2D eigenvalue weighted by Crippen LogP contribution is 2.26. The summed E-state index contributed by atoms with van der Waals surface area (Å²) in [6, 6.07) is 12.3. The van der Waals surface area contributed by atoms with Crippen LogP contribution < -0.4 is 5.32 Å². The SMILES string of the molecule is CCCNc1cc(Sc2ccccc2)nc(C)n1. The largest absolute Gasteiger partial charge is 0.370 e. The van der Waals surface area contributed by atoms with Crippen molar-refractivity contribution >= 4 is 17.6 Å². The molecule has 0 unspecified atom stereocenters. The van der Waals surface area contributed by atoms with Gasteiger partial charge in [-0.15, -0.1) is 0 Å². The van der Waals surface area contributed by atoms with Crippen LogP contribution in [0.4, 0.5) is 5.82 Å². The van der Waals surface area contributed by atoms with Crippen molar-refractivity contribution in [3.8, 4) is 0 Å². The molecule has 2 aromatic rings. The highest BCUT2D eigenvalue weighted by Gasteiger charge is 2.03. The minimum atomic E-state index is 0.800. The first-order chi connectivity index (χ1) is 8.78. The Hall–Kier alpha value is -1.55. The van der Waals surface area contributed by atoms with E-state index in [0.29, 0.717) is 0 Å². The molecule has 2 rings (SSSR count). The monoisotopic (exact) mass is 259 g/mol. The Morgan fingerprint density at radius 3 is 2.67 bits per heavy atom. The van der Waals surface area contributed by atoms with Gasteiger partial charge in [0.15, 0.2) is 0 Å². The molecule has 0 amide bonds. The number of hydrogen-bond donors (Lipinski definition) is 1. The molecule has 0 bridgehead atoms. The molecule has 1 heterocycles. The average Bonchev–Trinajstić information content (AvgIpc) is 2.37. The molecule has 0 radical (unpaired) electrons. The summed E-state index contributed by atoms with van der Waals surface area (Å²) in [5.74, 6) is 1.71. The lowest BCUT2D eigenvalue weighted by atomic mass is 10.4. The standard InChI is InChI=1S/C14H17N3S/c1-3-9-15-13-10-14(17-11(2)16-13)18-12-7-5-4-6-8-12/h4-8,10H,3,9H2,1-2H3,(H,15,16,17). The van der Waals surface area contributed by atoms with Gasteiger partial charge in [0.1, 0.15) is 16.7 Å². The molecule has 0 spiro atoms. The molecule has 3 nitrogen and oxygen atoms in total. The van der Waals surface area contributed by atoms with Gasteiger partial charge in [-0.25, -0.2) is 9.97 Å². The Balaban J connectivity index is 2.15. The molecule has 0 atom stereocenters. The van der Waals surface area contributed by atoms with Crippen LogP contribution in [0.2, 0.25) is 0 Å². The second-order valence-electron chi connectivity index (χ2n) is 3.98. The first-order valence-corrected chi connectivity index (χ1v) is 6.92. The summed E-state index contributed by atoms with van der Waals surface area (Å²) in [4.78, 5) is 10.0. The van der Waals surface area contributed by atoms with Gasteiger partial charge in [0.05, 0.1) is 0 Å². The number of aryl methyl sites for hydroxylation is 1.